The number of nitrogens with one attached hydrogen (secondary N) is 2. The topological polar surface area (TPSA) is 81.6 Å². The minimum Gasteiger partial charge on any atom is -0.364 e. The Morgan fingerprint density at radius 1 is 1.59 bits per heavy atom. The van der Waals surface area contributed by atoms with Gasteiger partial charge in [0.1, 0.15) is 5.82 Å². The quantitative estimate of drug-likeness (QED) is 0.862. The summed E-state index contributed by atoms with van der Waals surface area (Å²) in [5.74, 6) is 0.633. The first kappa shape index (κ1) is 11.4. The van der Waals surface area contributed by atoms with Crippen LogP contribution in [0.4, 0.5) is 5.82 Å². The molecular formula is C11H10N4OS. The third kappa shape index (κ3) is 2.92. The number of thiazole rings is 1. The van der Waals surface area contributed by atoms with Crippen LogP contribution in [0.25, 0.3) is 0 Å². The number of hydrogen-bond donors (Lipinski definition) is 2. The summed E-state index contributed by atoms with van der Waals surface area (Å²) < 4.78 is 0. The number of aromatic nitrogens is 2. The average Bonchev–Trinajstić information content (AvgIpc) is 2.72. The first-order valence-corrected chi connectivity index (χ1v) is 5.84. The predicted octanol–water partition coefficient (Wildman–Crippen LogP) is 1.62. The Morgan fingerprint density at radius 2 is 2.41 bits per heavy atom. The molecule has 86 valence electrons. The molecule has 17 heavy (non-hydrogen) atoms. The van der Waals surface area contributed by atoms with Gasteiger partial charge in [-0.2, -0.15) is 5.26 Å². The van der Waals surface area contributed by atoms with Gasteiger partial charge in [0, 0.05) is 16.8 Å². The largest absolute Gasteiger partial charge is 0.364 e. The third-order valence-electron chi connectivity index (χ3n) is 2.11. The Bertz CT molecular complexity index is 623. The van der Waals surface area contributed by atoms with E-state index in [-0.39, 0.29) is 4.87 Å². The average molecular weight is 246 g/mol. The number of aromatic amines is 1. The summed E-state index contributed by atoms with van der Waals surface area (Å²) in [7, 11) is 0. The van der Waals surface area contributed by atoms with Crippen LogP contribution < -0.4 is 10.2 Å². The number of rotatable bonds is 3. The summed E-state index contributed by atoms with van der Waals surface area (Å²) in [5, 5.41) is 13.6. The van der Waals surface area contributed by atoms with Crippen molar-refractivity contribution in [3.8, 4) is 6.07 Å². The molecule has 0 amide bonds. The Morgan fingerprint density at radius 3 is 3.06 bits per heavy atom. The molecule has 0 aliphatic heterocycles. The van der Waals surface area contributed by atoms with E-state index < -0.39 is 0 Å². The second-order valence-corrected chi connectivity index (χ2v) is 4.36. The van der Waals surface area contributed by atoms with E-state index in [0.29, 0.717) is 17.9 Å². The predicted molar refractivity (Wildman–Crippen MR) is 66.0 cm³/mol. The molecular weight excluding hydrogens is 236 g/mol. The van der Waals surface area contributed by atoms with Crippen molar-refractivity contribution in [3.05, 3.63) is 44.1 Å². The first-order valence-electron chi connectivity index (χ1n) is 4.97. The van der Waals surface area contributed by atoms with E-state index in [0.717, 1.165) is 22.7 Å². The maximum absolute atomic E-state index is 10.9. The molecule has 0 aliphatic carbocycles. The molecule has 0 atom stereocenters. The van der Waals surface area contributed by atoms with Gasteiger partial charge < -0.3 is 10.3 Å². The van der Waals surface area contributed by atoms with Crippen LogP contribution in [-0.4, -0.2) is 9.97 Å². The Kier molecular flexibility index (Phi) is 3.21. The van der Waals surface area contributed by atoms with Crippen LogP contribution in [-0.2, 0) is 6.54 Å². The molecule has 2 rings (SSSR count). The molecule has 0 aromatic carbocycles. The minimum absolute atomic E-state index is 0.0725. The molecule has 0 unspecified atom stereocenters. The van der Waals surface area contributed by atoms with Gasteiger partial charge in [-0.05, 0) is 19.1 Å². The van der Waals surface area contributed by atoms with Gasteiger partial charge in [-0.25, -0.2) is 4.98 Å². The van der Waals surface area contributed by atoms with Crippen molar-refractivity contribution < 1.29 is 0 Å². The summed E-state index contributed by atoms with van der Waals surface area (Å²) in [5.41, 5.74) is 2.16. The van der Waals surface area contributed by atoms with E-state index in [4.69, 9.17) is 5.26 Å². The summed E-state index contributed by atoms with van der Waals surface area (Å²) >= 11 is 1.13. The molecule has 6 heteroatoms. The molecule has 0 saturated carbocycles. The van der Waals surface area contributed by atoms with Crippen molar-refractivity contribution >= 4 is 17.2 Å². The molecule has 0 bridgehead atoms. The highest BCUT2D eigenvalue weighted by Gasteiger charge is 2.01. The summed E-state index contributed by atoms with van der Waals surface area (Å²) in [4.78, 5) is 17.8. The lowest BCUT2D eigenvalue weighted by Crippen LogP contribution is -2.04. The standard InChI is InChI=1S/C11H10N4OS/c1-7-2-8(4-12)3-10(14-7)13-5-9-6-17-11(16)15-9/h2-3,6H,5H2,1H3,(H,13,14)(H,15,16). The maximum atomic E-state index is 10.9. The number of nitrogens with zero attached hydrogens (tertiary/aromatic N) is 2. The number of H-pyrrole nitrogens is 1. The second-order valence-electron chi connectivity index (χ2n) is 3.52. The van der Waals surface area contributed by atoms with Crippen molar-refractivity contribution in [2.45, 2.75) is 13.5 Å². The molecule has 0 radical (unpaired) electrons. The molecule has 2 heterocycles. The fourth-order valence-electron chi connectivity index (χ4n) is 1.41. The van der Waals surface area contributed by atoms with Gasteiger partial charge >= 0.3 is 4.87 Å². The number of hydrogen-bond acceptors (Lipinski definition) is 5. The summed E-state index contributed by atoms with van der Waals surface area (Å²) in [6, 6.07) is 5.47. The smallest absolute Gasteiger partial charge is 0.304 e. The highest BCUT2D eigenvalue weighted by Crippen LogP contribution is 2.10. The molecule has 2 aromatic rings. The molecule has 0 fully saturated rings. The van der Waals surface area contributed by atoms with Crippen molar-refractivity contribution in [1.82, 2.24) is 9.97 Å². The van der Waals surface area contributed by atoms with Crippen LogP contribution >= 0.6 is 11.3 Å². The Hall–Kier alpha value is -2.13. The molecule has 2 aromatic heterocycles. The number of pyridine rings is 1. The summed E-state index contributed by atoms with van der Waals surface area (Å²) in [6.45, 7) is 2.32. The fraction of sp³-hybridized carbons (Fsp3) is 0.182. The van der Waals surface area contributed by atoms with Crippen LogP contribution in [0.1, 0.15) is 17.0 Å². The first-order chi connectivity index (χ1) is 8.17. The van der Waals surface area contributed by atoms with Crippen molar-refractivity contribution in [2.24, 2.45) is 0 Å². The van der Waals surface area contributed by atoms with Crippen LogP contribution in [0, 0.1) is 18.3 Å². The van der Waals surface area contributed by atoms with E-state index in [1.807, 2.05) is 6.92 Å². The number of nitriles is 1. The monoisotopic (exact) mass is 246 g/mol. The molecule has 0 saturated heterocycles. The molecule has 0 aliphatic rings. The summed E-state index contributed by atoms with van der Waals surface area (Å²) in [6.07, 6.45) is 0. The second kappa shape index (κ2) is 4.80. The Balaban J connectivity index is 2.11. The van der Waals surface area contributed by atoms with Crippen molar-refractivity contribution in [3.63, 3.8) is 0 Å². The van der Waals surface area contributed by atoms with Crippen molar-refractivity contribution in [1.29, 1.82) is 5.26 Å². The van der Waals surface area contributed by atoms with Gasteiger partial charge in [-0.3, -0.25) is 4.79 Å². The van der Waals surface area contributed by atoms with Gasteiger partial charge in [-0.15, -0.1) is 0 Å². The highest BCUT2D eigenvalue weighted by molar-refractivity contribution is 7.07. The van der Waals surface area contributed by atoms with Gasteiger partial charge in [0.25, 0.3) is 0 Å². The van der Waals surface area contributed by atoms with E-state index >= 15 is 0 Å². The molecule has 5 nitrogen and oxygen atoms in total. The third-order valence-corrected chi connectivity index (χ3v) is 2.83. The van der Waals surface area contributed by atoms with E-state index in [1.54, 1.807) is 17.5 Å². The number of anilines is 1. The zero-order valence-corrected chi connectivity index (χ0v) is 9.97. The maximum Gasteiger partial charge on any atom is 0.304 e. The molecule has 0 spiro atoms. The van der Waals surface area contributed by atoms with Gasteiger partial charge in [0.2, 0.25) is 0 Å². The van der Waals surface area contributed by atoms with Crippen LogP contribution in [0.3, 0.4) is 0 Å². The number of aryl methyl sites for hydroxylation is 1. The van der Waals surface area contributed by atoms with Gasteiger partial charge in [0.15, 0.2) is 0 Å². The zero-order chi connectivity index (χ0) is 12.3. The lowest BCUT2D eigenvalue weighted by Gasteiger charge is -2.05. The van der Waals surface area contributed by atoms with Crippen LogP contribution in [0.15, 0.2) is 22.3 Å². The van der Waals surface area contributed by atoms with Gasteiger partial charge in [-0.1, -0.05) is 11.3 Å². The van der Waals surface area contributed by atoms with Crippen molar-refractivity contribution in [2.75, 3.05) is 5.32 Å². The van der Waals surface area contributed by atoms with E-state index in [1.165, 1.54) is 0 Å². The zero-order valence-electron chi connectivity index (χ0n) is 9.15. The fourth-order valence-corrected chi connectivity index (χ4v) is 1.99. The van der Waals surface area contributed by atoms with E-state index in [9.17, 15) is 4.79 Å². The van der Waals surface area contributed by atoms with Crippen LogP contribution in [0.2, 0.25) is 0 Å². The van der Waals surface area contributed by atoms with Crippen LogP contribution in [0.5, 0.6) is 0 Å². The lowest BCUT2D eigenvalue weighted by atomic mass is 10.2. The van der Waals surface area contributed by atoms with E-state index in [2.05, 4.69) is 21.4 Å². The Labute approximate surface area is 102 Å². The highest BCUT2D eigenvalue weighted by atomic mass is 32.1. The minimum atomic E-state index is -0.0725. The lowest BCUT2D eigenvalue weighted by molar-refractivity contribution is 1.03. The SMILES string of the molecule is Cc1cc(C#N)cc(NCc2csc(=O)[nH]2)n1. The molecule has 2 N–H and O–H groups in total. The van der Waals surface area contributed by atoms with Gasteiger partial charge in [0.05, 0.1) is 18.2 Å². The normalized spacial score (nSPS) is 9.88.